The van der Waals surface area contributed by atoms with Gasteiger partial charge in [-0.15, -0.1) is 0 Å². The summed E-state index contributed by atoms with van der Waals surface area (Å²) < 4.78 is 18.7. The predicted molar refractivity (Wildman–Crippen MR) is 64.9 cm³/mol. The highest BCUT2D eigenvalue weighted by Crippen LogP contribution is 2.25. The standard InChI is InChI=1S/C12H11FN2O4/c1-2-19-8-4-3-6(5-7(8)13)10-9(12(17)18)11(16)15-14-10/h3-5H,2H2,1H3,(H,17,18)(H2,14,15,16). The molecule has 0 radical (unpaired) electrons. The Morgan fingerprint density at radius 2 is 2.16 bits per heavy atom. The second kappa shape index (κ2) is 4.97. The maximum atomic E-state index is 13.7. The van der Waals surface area contributed by atoms with Crippen molar-refractivity contribution in [3.63, 3.8) is 0 Å². The molecule has 100 valence electrons. The number of rotatable bonds is 4. The van der Waals surface area contributed by atoms with Gasteiger partial charge in [0.25, 0.3) is 5.56 Å². The van der Waals surface area contributed by atoms with Crippen molar-refractivity contribution in [2.24, 2.45) is 0 Å². The van der Waals surface area contributed by atoms with Crippen LogP contribution in [0.5, 0.6) is 5.75 Å². The second-order valence-corrected chi connectivity index (χ2v) is 3.71. The fraction of sp³-hybridized carbons (Fsp3) is 0.167. The summed E-state index contributed by atoms with van der Waals surface area (Å²) in [4.78, 5) is 22.3. The third kappa shape index (κ3) is 2.35. The van der Waals surface area contributed by atoms with Crippen LogP contribution >= 0.6 is 0 Å². The summed E-state index contributed by atoms with van der Waals surface area (Å²) in [6.45, 7) is 2.04. The van der Waals surface area contributed by atoms with E-state index in [1.807, 2.05) is 0 Å². The summed E-state index contributed by atoms with van der Waals surface area (Å²) in [7, 11) is 0. The lowest BCUT2D eigenvalue weighted by molar-refractivity contribution is 0.0696. The number of H-pyrrole nitrogens is 2. The number of hydrogen-bond donors (Lipinski definition) is 3. The van der Waals surface area contributed by atoms with Crippen molar-refractivity contribution in [1.29, 1.82) is 0 Å². The molecule has 0 aliphatic rings. The van der Waals surface area contributed by atoms with E-state index in [9.17, 15) is 14.0 Å². The molecule has 0 amide bonds. The lowest BCUT2D eigenvalue weighted by atomic mass is 10.1. The summed E-state index contributed by atoms with van der Waals surface area (Å²) in [5.41, 5.74) is -0.948. The van der Waals surface area contributed by atoms with Crippen LogP contribution in [0.3, 0.4) is 0 Å². The van der Waals surface area contributed by atoms with Crippen molar-refractivity contribution in [2.45, 2.75) is 6.92 Å². The maximum absolute atomic E-state index is 13.7. The van der Waals surface area contributed by atoms with Crippen LogP contribution in [0, 0.1) is 5.82 Å². The highest BCUT2D eigenvalue weighted by molar-refractivity contribution is 5.94. The quantitative estimate of drug-likeness (QED) is 0.783. The van der Waals surface area contributed by atoms with Crippen molar-refractivity contribution >= 4 is 5.97 Å². The van der Waals surface area contributed by atoms with Crippen LogP contribution < -0.4 is 10.3 Å². The van der Waals surface area contributed by atoms with Crippen LogP contribution in [0.15, 0.2) is 23.0 Å². The third-order valence-corrected chi connectivity index (χ3v) is 2.51. The Kier molecular flexibility index (Phi) is 3.37. The molecular formula is C12H11FN2O4. The van der Waals surface area contributed by atoms with Crippen molar-refractivity contribution in [3.05, 3.63) is 39.9 Å². The molecule has 6 nitrogen and oxygen atoms in total. The number of carboxylic acids is 1. The van der Waals surface area contributed by atoms with E-state index in [1.165, 1.54) is 12.1 Å². The number of aromatic nitrogens is 2. The largest absolute Gasteiger partial charge is 0.491 e. The Balaban J connectivity index is 2.51. The first-order valence-corrected chi connectivity index (χ1v) is 5.51. The van der Waals surface area contributed by atoms with Gasteiger partial charge in [-0.3, -0.25) is 15.0 Å². The predicted octanol–water partition coefficient (Wildman–Crippen LogP) is 1.61. The maximum Gasteiger partial charge on any atom is 0.343 e. The molecule has 1 aromatic heterocycles. The van der Waals surface area contributed by atoms with E-state index in [2.05, 4.69) is 10.2 Å². The average Bonchev–Trinajstić information content (AvgIpc) is 2.74. The first-order valence-electron chi connectivity index (χ1n) is 5.51. The first kappa shape index (κ1) is 12.9. The van der Waals surface area contributed by atoms with Gasteiger partial charge in [-0.25, -0.2) is 9.18 Å². The highest BCUT2D eigenvalue weighted by Gasteiger charge is 2.19. The normalized spacial score (nSPS) is 10.4. The average molecular weight is 266 g/mol. The monoisotopic (exact) mass is 266 g/mol. The van der Waals surface area contributed by atoms with Gasteiger partial charge in [0.2, 0.25) is 0 Å². The molecule has 0 bridgehead atoms. The van der Waals surface area contributed by atoms with E-state index in [0.717, 1.165) is 6.07 Å². The molecule has 0 spiro atoms. The summed E-state index contributed by atoms with van der Waals surface area (Å²) in [6, 6.07) is 3.96. The summed E-state index contributed by atoms with van der Waals surface area (Å²) >= 11 is 0. The van der Waals surface area contributed by atoms with Gasteiger partial charge < -0.3 is 9.84 Å². The van der Waals surface area contributed by atoms with Crippen LogP contribution in [0.25, 0.3) is 11.3 Å². The summed E-state index contributed by atoms with van der Waals surface area (Å²) in [5.74, 6) is -1.94. The number of aromatic amines is 2. The molecular weight excluding hydrogens is 255 g/mol. The molecule has 0 saturated heterocycles. The highest BCUT2D eigenvalue weighted by atomic mass is 19.1. The number of halogens is 1. The van der Waals surface area contributed by atoms with Crippen LogP contribution in [-0.2, 0) is 0 Å². The Morgan fingerprint density at radius 1 is 1.42 bits per heavy atom. The van der Waals surface area contributed by atoms with Gasteiger partial charge in [-0.05, 0) is 25.1 Å². The molecule has 0 atom stereocenters. The Hall–Kier alpha value is -2.57. The smallest absolute Gasteiger partial charge is 0.343 e. The molecule has 0 fully saturated rings. The van der Waals surface area contributed by atoms with Crippen molar-refractivity contribution in [3.8, 4) is 17.0 Å². The summed E-state index contributed by atoms with van der Waals surface area (Å²) in [6.07, 6.45) is 0. The van der Waals surface area contributed by atoms with E-state index in [1.54, 1.807) is 6.92 Å². The van der Waals surface area contributed by atoms with E-state index in [4.69, 9.17) is 9.84 Å². The van der Waals surface area contributed by atoms with Gasteiger partial charge in [0.1, 0.15) is 0 Å². The molecule has 7 heteroatoms. The number of nitrogens with one attached hydrogen (secondary N) is 2. The number of benzene rings is 1. The SMILES string of the molecule is CCOc1ccc(-c2[nH][nH]c(=O)c2C(=O)O)cc1F. The topological polar surface area (TPSA) is 95.2 Å². The molecule has 2 aromatic rings. The molecule has 1 aromatic carbocycles. The Morgan fingerprint density at radius 3 is 2.74 bits per heavy atom. The second-order valence-electron chi connectivity index (χ2n) is 3.71. The molecule has 0 aliphatic heterocycles. The molecule has 0 aliphatic carbocycles. The lowest BCUT2D eigenvalue weighted by Crippen LogP contribution is -2.12. The van der Waals surface area contributed by atoms with Crippen LogP contribution in [0.4, 0.5) is 4.39 Å². The molecule has 0 unspecified atom stereocenters. The van der Waals surface area contributed by atoms with Crippen LogP contribution in [0.1, 0.15) is 17.3 Å². The number of carboxylic acid groups (broad SMARTS) is 1. The fourth-order valence-electron chi connectivity index (χ4n) is 1.71. The van der Waals surface area contributed by atoms with E-state index >= 15 is 0 Å². The van der Waals surface area contributed by atoms with Crippen LogP contribution in [-0.4, -0.2) is 27.9 Å². The van der Waals surface area contributed by atoms with Gasteiger partial charge in [0, 0.05) is 5.56 Å². The summed E-state index contributed by atoms with van der Waals surface area (Å²) in [5, 5.41) is 13.5. The number of aromatic carboxylic acids is 1. The Bertz CT molecular complexity index is 675. The van der Waals surface area contributed by atoms with Gasteiger partial charge in [0.15, 0.2) is 17.1 Å². The minimum atomic E-state index is -1.38. The van der Waals surface area contributed by atoms with Crippen molar-refractivity contribution in [1.82, 2.24) is 10.2 Å². The van der Waals surface area contributed by atoms with Gasteiger partial charge in [0.05, 0.1) is 12.3 Å². The van der Waals surface area contributed by atoms with Crippen molar-refractivity contribution < 1.29 is 19.0 Å². The zero-order valence-corrected chi connectivity index (χ0v) is 9.99. The Labute approximate surface area is 106 Å². The van der Waals surface area contributed by atoms with E-state index in [-0.39, 0.29) is 17.0 Å². The third-order valence-electron chi connectivity index (χ3n) is 2.51. The lowest BCUT2D eigenvalue weighted by Gasteiger charge is -2.06. The van der Waals surface area contributed by atoms with E-state index in [0.29, 0.717) is 6.61 Å². The zero-order valence-electron chi connectivity index (χ0n) is 9.99. The number of hydrogen-bond acceptors (Lipinski definition) is 3. The van der Waals surface area contributed by atoms with Gasteiger partial charge in [-0.1, -0.05) is 0 Å². The zero-order chi connectivity index (χ0) is 14.0. The first-order chi connectivity index (χ1) is 9.04. The minimum absolute atomic E-state index is 0.0273. The number of ether oxygens (including phenoxy) is 1. The van der Waals surface area contributed by atoms with Gasteiger partial charge >= 0.3 is 5.97 Å². The molecule has 1 heterocycles. The minimum Gasteiger partial charge on any atom is -0.491 e. The fourth-order valence-corrected chi connectivity index (χ4v) is 1.71. The van der Waals surface area contributed by atoms with Crippen molar-refractivity contribution in [2.75, 3.05) is 6.61 Å². The molecule has 0 saturated carbocycles. The van der Waals surface area contributed by atoms with Gasteiger partial charge in [-0.2, -0.15) is 0 Å². The molecule has 2 rings (SSSR count). The van der Waals surface area contributed by atoms with E-state index < -0.39 is 22.9 Å². The molecule has 19 heavy (non-hydrogen) atoms. The van der Waals surface area contributed by atoms with Crippen LogP contribution in [0.2, 0.25) is 0 Å². The molecule has 3 N–H and O–H groups in total. The number of carbonyl (C=O) groups is 1.